The quantitative estimate of drug-likeness (QED) is 0.313. The smallest absolute Gasteiger partial charge is 0.272 e. The first-order valence-corrected chi connectivity index (χ1v) is 10.3. The Bertz CT molecular complexity index is 1220. The van der Waals surface area contributed by atoms with Crippen molar-refractivity contribution in [3.8, 4) is 22.7 Å². The van der Waals surface area contributed by atoms with Crippen LogP contribution in [-0.4, -0.2) is 29.0 Å². The van der Waals surface area contributed by atoms with Gasteiger partial charge in [-0.1, -0.05) is 30.3 Å². The molecule has 3 aromatic carbocycles. The van der Waals surface area contributed by atoms with Crippen LogP contribution in [0.3, 0.4) is 0 Å². The zero-order valence-electron chi connectivity index (χ0n) is 16.7. The van der Waals surface area contributed by atoms with Gasteiger partial charge in [0.15, 0.2) is 0 Å². The Labute approximate surface area is 188 Å². The van der Waals surface area contributed by atoms with Crippen LogP contribution in [0.4, 0.5) is 0 Å². The summed E-state index contributed by atoms with van der Waals surface area (Å²) < 4.78 is 7.74. The molecule has 0 fully saturated rings. The lowest BCUT2D eigenvalue weighted by Crippen LogP contribution is -2.18. The Balaban J connectivity index is 1.64. The number of halogens is 1. The lowest BCUT2D eigenvalue weighted by Gasteiger charge is -2.03. The molecule has 0 saturated heterocycles. The van der Waals surface area contributed by atoms with Gasteiger partial charge in [-0.3, -0.25) is 4.79 Å². The minimum Gasteiger partial charge on any atom is -0.497 e. The summed E-state index contributed by atoms with van der Waals surface area (Å²) >= 11 is 3.38. The van der Waals surface area contributed by atoms with Crippen LogP contribution in [0.5, 0.6) is 5.75 Å². The second-order valence-corrected chi connectivity index (χ2v) is 7.47. The van der Waals surface area contributed by atoms with Crippen LogP contribution in [0, 0.1) is 0 Å². The fourth-order valence-electron chi connectivity index (χ4n) is 3.03. The van der Waals surface area contributed by atoms with Gasteiger partial charge < -0.3 is 4.74 Å². The first-order valence-electron chi connectivity index (χ1n) is 9.53. The number of aromatic nitrogens is 2. The van der Waals surface area contributed by atoms with E-state index in [9.17, 15) is 4.79 Å². The van der Waals surface area contributed by atoms with Crippen LogP contribution >= 0.6 is 15.9 Å². The van der Waals surface area contributed by atoms with Crippen molar-refractivity contribution in [3.63, 3.8) is 0 Å². The number of benzene rings is 3. The van der Waals surface area contributed by atoms with Crippen molar-refractivity contribution in [2.24, 2.45) is 5.10 Å². The van der Waals surface area contributed by atoms with E-state index < -0.39 is 0 Å². The van der Waals surface area contributed by atoms with E-state index in [1.807, 2.05) is 72.9 Å². The maximum absolute atomic E-state index is 12.4. The van der Waals surface area contributed by atoms with Crippen molar-refractivity contribution >= 4 is 28.1 Å². The van der Waals surface area contributed by atoms with E-state index in [1.165, 1.54) is 0 Å². The molecule has 0 unspecified atom stereocenters. The lowest BCUT2D eigenvalue weighted by atomic mass is 10.1. The van der Waals surface area contributed by atoms with Gasteiger partial charge in [0.1, 0.15) is 11.4 Å². The summed E-state index contributed by atoms with van der Waals surface area (Å²) in [6.45, 7) is 0. The molecule has 0 aliphatic rings. The molecule has 4 rings (SSSR count). The Kier molecular flexibility index (Phi) is 6.24. The number of nitrogens with zero attached hydrogens (tertiary/aromatic N) is 3. The number of rotatable bonds is 6. The van der Waals surface area contributed by atoms with Gasteiger partial charge in [0.25, 0.3) is 5.91 Å². The Morgan fingerprint density at radius 2 is 1.74 bits per heavy atom. The number of hydrogen-bond acceptors (Lipinski definition) is 4. The zero-order chi connectivity index (χ0) is 21.6. The number of nitrogens with one attached hydrogen (secondary N) is 1. The molecular formula is C24H19BrN4O2. The Morgan fingerprint density at radius 3 is 2.45 bits per heavy atom. The monoisotopic (exact) mass is 474 g/mol. The number of carbonyl (C=O) groups is 1. The summed E-state index contributed by atoms with van der Waals surface area (Å²) in [5, 5.41) is 8.90. The van der Waals surface area contributed by atoms with Crippen molar-refractivity contribution in [2.45, 2.75) is 0 Å². The van der Waals surface area contributed by atoms with E-state index in [0.717, 1.165) is 28.3 Å². The molecule has 0 aliphatic heterocycles. The molecule has 1 aromatic heterocycles. The second kappa shape index (κ2) is 9.40. The summed E-state index contributed by atoms with van der Waals surface area (Å²) in [4.78, 5) is 12.4. The molecule has 1 heterocycles. The minimum absolute atomic E-state index is 0.301. The van der Waals surface area contributed by atoms with E-state index in [1.54, 1.807) is 30.1 Å². The predicted octanol–water partition coefficient (Wildman–Crippen LogP) is 5.07. The highest BCUT2D eigenvalue weighted by Crippen LogP contribution is 2.25. The number of carbonyl (C=O) groups excluding carboxylic acids is 1. The van der Waals surface area contributed by atoms with E-state index in [-0.39, 0.29) is 5.91 Å². The first-order chi connectivity index (χ1) is 15.2. The maximum atomic E-state index is 12.4. The van der Waals surface area contributed by atoms with Gasteiger partial charge in [-0.15, -0.1) is 0 Å². The van der Waals surface area contributed by atoms with Crippen LogP contribution in [0.2, 0.25) is 0 Å². The van der Waals surface area contributed by atoms with Gasteiger partial charge in [0.2, 0.25) is 0 Å². The second-order valence-electron chi connectivity index (χ2n) is 6.62. The average Bonchev–Trinajstić information content (AvgIpc) is 3.24. The minimum atomic E-state index is -0.301. The number of amides is 1. The van der Waals surface area contributed by atoms with Crippen LogP contribution in [0.15, 0.2) is 94.6 Å². The lowest BCUT2D eigenvalue weighted by molar-refractivity contribution is 0.0954. The molecule has 1 amide bonds. The molecule has 1 N–H and O–H groups in total. The average molecular weight is 475 g/mol. The summed E-state index contributed by atoms with van der Waals surface area (Å²) in [6.07, 6.45) is 3.48. The van der Waals surface area contributed by atoms with E-state index in [0.29, 0.717) is 10.0 Å². The Morgan fingerprint density at radius 1 is 1.03 bits per heavy atom. The van der Waals surface area contributed by atoms with Crippen molar-refractivity contribution in [1.82, 2.24) is 15.2 Å². The highest BCUT2D eigenvalue weighted by Gasteiger charge is 2.12. The third-order valence-electron chi connectivity index (χ3n) is 4.61. The summed E-state index contributed by atoms with van der Waals surface area (Å²) in [6, 6.07) is 24.6. The summed E-state index contributed by atoms with van der Waals surface area (Å²) in [5.74, 6) is 0.465. The largest absolute Gasteiger partial charge is 0.497 e. The third-order valence-corrected chi connectivity index (χ3v) is 5.31. The molecule has 0 atom stereocenters. The van der Waals surface area contributed by atoms with Crippen LogP contribution in [-0.2, 0) is 0 Å². The summed E-state index contributed by atoms with van der Waals surface area (Å²) in [5.41, 5.74) is 6.43. The molecule has 0 radical (unpaired) electrons. The first kappa shape index (κ1) is 20.6. The highest BCUT2D eigenvalue weighted by atomic mass is 79.9. The normalized spacial score (nSPS) is 10.9. The molecule has 154 valence electrons. The van der Waals surface area contributed by atoms with Crippen molar-refractivity contribution in [2.75, 3.05) is 7.11 Å². The molecule has 0 bridgehead atoms. The van der Waals surface area contributed by atoms with Gasteiger partial charge in [-0.05, 0) is 64.5 Å². The van der Waals surface area contributed by atoms with E-state index in [4.69, 9.17) is 9.84 Å². The van der Waals surface area contributed by atoms with Crippen LogP contribution in [0.1, 0.15) is 15.9 Å². The highest BCUT2D eigenvalue weighted by molar-refractivity contribution is 9.10. The number of hydrogen-bond donors (Lipinski definition) is 1. The number of hydrazone groups is 1. The van der Waals surface area contributed by atoms with Crippen molar-refractivity contribution < 1.29 is 9.53 Å². The van der Waals surface area contributed by atoms with Crippen molar-refractivity contribution in [1.29, 1.82) is 0 Å². The number of ether oxygens (including phenoxy) is 1. The fourth-order valence-corrected chi connectivity index (χ4v) is 3.50. The van der Waals surface area contributed by atoms with Crippen LogP contribution < -0.4 is 10.2 Å². The molecule has 0 spiro atoms. The van der Waals surface area contributed by atoms with Gasteiger partial charge >= 0.3 is 0 Å². The standard InChI is InChI=1S/C24H19BrN4O2/c1-31-20-13-11-17(12-14-20)23-18(16-29(28-23)19-7-3-2-4-8-19)15-26-27-24(30)21-9-5-6-10-22(21)25/h2-16H,1H3,(H,27,30)/b26-15-. The molecule has 6 nitrogen and oxygen atoms in total. The van der Waals surface area contributed by atoms with Gasteiger partial charge in [-0.25, -0.2) is 10.1 Å². The molecule has 0 aliphatic carbocycles. The predicted molar refractivity (Wildman–Crippen MR) is 125 cm³/mol. The Hall–Kier alpha value is -3.71. The maximum Gasteiger partial charge on any atom is 0.272 e. The molecular weight excluding hydrogens is 456 g/mol. The third kappa shape index (κ3) is 4.73. The molecule has 31 heavy (non-hydrogen) atoms. The van der Waals surface area contributed by atoms with E-state index in [2.05, 4.69) is 26.5 Å². The van der Waals surface area contributed by atoms with Gasteiger partial charge in [0, 0.05) is 21.8 Å². The summed E-state index contributed by atoms with van der Waals surface area (Å²) in [7, 11) is 1.63. The van der Waals surface area contributed by atoms with Crippen LogP contribution in [0.25, 0.3) is 16.9 Å². The number of methoxy groups -OCH3 is 1. The van der Waals surface area contributed by atoms with E-state index >= 15 is 0 Å². The van der Waals surface area contributed by atoms with Crippen molar-refractivity contribution in [3.05, 3.63) is 101 Å². The topological polar surface area (TPSA) is 68.5 Å². The zero-order valence-corrected chi connectivity index (χ0v) is 18.3. The van der Waals surface area contributed by atoms with Gasteiger partial charge in [-0.2, -0.15) is 10.2 Å². The molecule has 7 heteroatoms. The molecule has 0 saturated carbocycles. The fraction of sp³-hybridized carbons (Fsp3) is 0.0417. The molecule has 4 aromatic rings. The van der Waals surface area contributed by atoms with Gasteiger partial charge in [0.05, 0.1) is 24.6 Å². The number of para-hydroxylation sites is 1. The SMILES string of the molecule is COc1ccc(-c2nn(-c3ccccc3)cc2/C=N\NC(=O)c2ccccc2Br)cc1.